The molecule has 6 heteroatoms. The third kappa shape index (κ3) is 6.09. The van der Waals surface area contributed by atoms with E-state index in [0.29, 0.717) is 19.8 Å². The van der Waals surface area contributed by atoms with Gasteiger partial charge in [0.2, 0.25) is 0 Å². The molecule has 0 amide bonds. The third-order valence-corrected chi connectivity index (χ3v) is 5.54. The van der Waals surface area contributed by atoms with E-state index in [2.05, 4.69) is 30.0 Å². The summed E-state index contributed by atoms with van der Waals surface area (Å²) in [7, 11) is 1.98. The lowest BCUT2D eigenvalue weighted by molar-refractivity contribution is -0.0351. The number of morpholine rings is 1. The summed E-state index contributed by atoms with van der Waals surface area (Å²) in [4.78, 5) is 2.38. The summed E-state index contributed by atoms with van der Waals surface area (Å²) in [5.74, 6) is 1.81. The number of rotatable bonds is 9. The number of aromatic nitrogens is 2. The van der Waals surface area contributed by atoms with Crippen LogP contribution in [0.2, 0.25) is 0 Å². The van der Waals surface area contributed by atoms with Gasteiger partial charge in [-0.15, -0.1) is 0 Å². The van der Waals surface area contributed by atoms with Crippen LogP contribution in [0, 0.1) is 6.92 Å². The average molecular weight is 422 g/mol. The molecule has 1 aliphatic rings. The molecule has 2 aromatic carbocycles. The van der Waals surface area contributed by atoms with Gasteiger partial charge in [0.1, 0.15) is 24.2 Å². The molecule has 0 N–H and O–H groups in total. The molecule has 6 nitrogen and oxygen atoms in total. The van der Waals surface area contributed by atoms with E-state index in [1.807, 2.05) is 54.2 Å². The summed E-state index contributed by atoms with van der Waals surface area (Å²) in [6.45, 7) is 6.69. The second-order valence-electron chi connectivity index (χ2n) is 7.92. The minimum absolute atomic E-state index is 0.0110. The highest BCUT2D eigenvalue weighted by Crippen LogP contribution is 2.22. The standard InChI is InChI=1S/C25H31N3O3/c1-20-8-10-23(11-9-20)30-16-13-28-14-17-31-25(19-28)24-18-21(27(2)26-24)12-15-29-22-6-4-3-5-7-22/h3-11,18,25H,12-17,19H2,1-2H3. The maximum Gasteiger partial charge on any atom is 0.119 e. The van der Waals surface area contributed by atoms with Gasteiger partial charge in [-0.1, -0.05) is 35.9 Å². The van der Waals surface area contributed by atoms with Gasteiger partial charge in [-0.2, -0.15) is 5.10 Å². The summed E-state index contributed by atoms with van der Waals surface area (Å²) in [5.41, 5.74) is 3.38. The van der Waals surface area contributed by atoms with Gasteiger partial charge in [-0.3, -0.25) is 9.58 Å². The first-order chi connectivity index (χ1) is 15.2. The van der Waals surface area contributed by atoms with Crippen LogP contribution in [0.1, 0.15) is 23.1 Å². The van der Waals surface area contributed by atoms with Gasteiger partial charge in [-0.05, 0) is 37.3 Å². The highest BCUT2D eigenvalue weighted by atomic mass is 16.5. The van der Waals surface area contributed by atoms with Gasteiger partial charge in [0, 0.05) is 38.8 Å². The fourth-order valence-electron chi connectivity index (χ4n) is 3.72. The molecule has 1 fully saturated rings. The van der Waals surface area contributed by atoms with E-state index < -0.39 is 0 Å². The van der Waals surface area contributed by atoms with E-state index in [0.717, 1.165) is 48.9 Å². The van der Waals surface area contributed by atoms with Crippen molar-refractivity contribution in [3.05, 3.63) is 77.6 Å². The Labute approximate surface area is 184 Å². The predicted octanol–water partition coefficient (Wildman–Crippen LogP) is 3.80. The first-order valence-electron chi connectivity index (χ1n) is 10.9. The smallest absolute Gasteiger partial charge is 0.119 e. The fourth-order valence-corrected chi connectivity index (χ4v) is 3.72. The van der Waals surface area contributed by atoms with E-state index in [-0.39, 0.29) is 6.10 Å². The monoisotopic (exact) mass is 421 g/mol. The van der Waals surface area contributed by atoms with E-state index in [1.54, 1.807) is 0 Å². The summed E-state index contributed by atoms with van der Waals surface area (Å²) >= 11 is 0. The first kappa shape index (κ1) is 21.4. The van der Waals surface area contributed by atoms with Crippen LogP contribution in [-0.4, -0.2) is 54.1 Å². The molecule has 1 aliphatic heterocycles. The summed E-state index contributed by atoms with van der Waals surface area (Å²) in [5, 5.41) is 4.71. The van der Waals surface area contributed by atoms with Crippen LogP contribution in [0.25, 0.3) is 0 Å². The quantitative estimate of drug-likeness (QED) is 0.526. The SMILES string of the molecule is Cc1ccc(OCCN2CCOC(c3cc(CCOc4ccccc4)n(C)n3)C2)cc1. The molecular formula is C25H31N3O3. The number of hydrogen-bond donors (Lipinski definition) is 0. The van der Waals surface area contributed by atoms with Gasteiger partial charge < -0.3 is 14.2 Å². The molecule has 1 atom stereocenters. The number of benzene rings is 2. The summed E-state index contributed by atoms with van der Waals surface area (Å²) in [6.07, 6.45) is 0.794. The van der Waals surface area contributed by atoms with Crippen LogP contribution >= 0.6 is 0 Å². The van der Waals surface area contributed by atoms with Crippen molar-refractivity contribution >= 4 is 0 Å². The second kappa shape index (κ2) is 10.5. The Kier molecular flexibility index (Phi) is 7.22. The van der Waals surface area contributed by atoms with Crippen LogP contribution in [-0.2, 0) is 18.2 Å². The zero-order valence-electron chi connectivity index (χ0n) is 18.4. The maximum atomic E-state index is 6.02. The van der Waals surface area contributed by atoms with Crippen LogP contribution in [0.4, 0.5) is 0 Å². The molecule has 0 spiro atoms. The number of ether oxygens (including phenoxy) is 3. The Hall–Kier alpha value is -2.83. The Bertz CT molecular complexity index is 940. The summed E-state index contributed by atoms with van der Waals surface area (Å²) < 4.78 is 19.7. The van der Waals surface area contributed by atoms with Crippen LogP contribution in [0.15, 0.2) is 60.7 Å². The zero-order valence-corrected chi connectivity index (χ0v) is 18.4. The Morgan fingerprint density at radius 2 is 1.74 bits per heavy atom. The Balaban J connectivity index is 1.25. The molecule has 2 heterocycles. The van der Waals surface area contributed by atoms with Crippen molar-refractivity contribution in [1.29, 1.82) is 0 Å². The zero-order chi connectivity index (χ0) is 21.5. The van der Waals surface area contributed by atoms with E-state index in [4.69, 9.17) is 19.3 Å². The molecule has 164 valence electrons. The number of para-hydroxylation sites is 1. The van der Waals surface area contributed by atoms with Crippen molar-refractivity contribution in [2.75, 3.05) is 39.5 Å². The topological polar surface area (TPSA) is 48.8 Å². The number of aryl methyl sites for hydroxylation is 2. The van der Waals surface area contributed by atoms with Crippen molar-refractivity contribution in [3.8, 4) is 11.5 Å². The first-order valence-corrected chi connectivity index (χ1v) is 10.9. The Morgan fingerprint density at radius 3 is 2.55 bits per heavy atom. The van der Waals surface area contributed by atoms with Gasteiger partial charge in [0.05, 0.1) is 18.9 Å². The van der Waals surface area contributed by atoms with Gasteiger partial charge in [0.15, 0.2) is 0 Å². The van der Waals surface area contributed by atoms with Crippen molar-refractivity contribution in [3.63, 3.8) is 0 Å². The van der Waals surface area contributed by atoms with Crippen LogP contribution < -0.4 is 9.47 Å². The van der Waals surface area contributed by atoms with Crippen LogP contribution in [0.3, 0.4) is 0 Å². The molecule has 3 aromatic rings. The minimum Gasteiger partial charge on any atom is -0.493 e. The predicted molar refractivity (Wildman–Crippen MR) is 121 cm³/mol. The van der Waals surface area contributed by atoms with E-state index >= 15 is 0 Å². The van der Waals surface area contributed by atoms with Crippen LogP contribution in [0.5, 0.6) is 11.5 Å². The molecule has 0 bridgehead atoms. The largest absolute Gasteiger partial charge is 0.493 e. The van der Waals surface area contributed by atoms with Crippen molar-refractivity contribution in [2.45, 2.75) is 19.4 Å². The van der Waals surface area contributed by atoms with Crippen molar-refractivity contribution in [2.24, 2.45) is 7.05 Å². The lowest BCUT2D eigenvalue weighted by atomic mass is 10.2. The van der Waals surface area contributed by atoms with E-state index in [1.165, 1.54) is 5.56 Å². The normalized spacial score (nSPS) is 16.9. The number of nitrogens with zero attached hydrogens (tertiary/aromatic N) is 3. The fraction of sp³-hybridized carbons (Fsp3) is 0.400. The lowest BCUT2D eigenvalue weighted by Gasteiger charge is -2.31. The van der Waals surface area contributed by atoms with Gasteiger partial charge in [0.25, 0.3) is 0 Å². The van der Waals surface area contributed by atoms with Gasteiger partial charge in [-0.25, -0.2) is 0 Å². The molecule has 4 rings (SSSR count). The molecule has 31 heavy (non-hydrogen) atoms. The second-order valence-corrected chi connectivity index (χ2v) is 7.92. The van der Waals surface area contributed by atoms with Gasteiger partial charge >= 0.3 is 0 Å². The third-order valence-electron chi connectivity index (χ3n) is 5.54. The highest BCUT2D eigenvalue weighted by Gasteiger charge is 2.24. The van der Waals surface area contributed by atoms with E-state index in [9.17, 15) is 0 Å². The highest BCUT2D eigenvalue weighted by molar-refractivity contribution is 5.26. The molecule has 0 radical (unpaired) electrons. The summed E-state index contributed by atoms with van der Waals surface area (Å²) in [6, 6.07) is 20.2. The molecule has 0 aliphatic carbocycles. The molecule has 0 saturated carbocycles. The molecule has 1 saturated heterocycles. The lowest BCUT2D eigenvalue weighted by Crippen LogP contribution is -2.40. The average Bonchev–Trinajstić information content (AvgIpc) is 3.17. The minimum atomic E-state index is -0.0110. The van der Waals surface area contributed by atoms with Crippen molar-refractivity contribution < 1.29 is 14.2 Å². The molecule has 1 aromatic heterocycles. The number of hydrogen-bond acceptors (Lipinski definition) is 5. The Morgan fingerprint density at radius 1 is 1.00 bits per heavy atom. The maximum absolute atomic E-state index is 6.02. The van der Waals surface area contributed by atoms with Crippen molar-refractivity contribution in [1.82, 2.24) is 14.7 Å². The molecular weight excluding hydrogens is 390 g/mol. The molecule has 1 unspecified atom stereocenters.